The van der Waals surface area contributed by atoms with Gasteiger partial charge in [-0.25, -0.2) is 4.79 Å². The molecular weight excluding hydrogens is 254 g/mol. The minimum absolute atomic E-state index is 0.390. The summed E-state index contributed by atoms with van der Waals surface area (Å²) in [7, 11) is 3.04. The molecule has 0 heterocycles. The van der Waals surface area contributed by atoms with Crippen LogP contribution in [0.4, 0.5) is 10.5 Å². The van der Waals surface area contributed by atoms with Gasteiger partial charge in [0.2, 0.25) is 0 Å². The summed E-state index contributed by atoms with van der Waals surface area (Å²) in [4.78, 5) is 13.1. The first kappa shape index (κ1) is 13.9. The lowest BCUT2D eigenvalue weighted by Crippen LogP contribution is -2.27. The zero-order chi connectivity index (χ0) is 14.4. The fourth-order valence-electron chi connectivity index (χ4n) is 1.87. The predicted octanol–water partition coefficient (Wildman–Crippen LogP) is 3.47. The quantitative estimate of drug-likeness (QED) is 0.854. The molecule has 0 spiro atoms. The number of amides is 1. The lowest BCUT2D eigenvalue weighted by Gasteiger charge is -2.19. The van der Waals surface area contributed by atoms with E-state index in [0.717, 1.165) is 17.0 Å². The van der Waals surface area contributed by atoms with Crippen LogP contribution in [0.3, 0.4) is 0 Å². The van der Waals surface area contributed by atoms with Crippen LogP contribution in [0, 0.1) is 0 Å². The molecule has 0 aromatic heterocycles. The Bertz CT molecular complexity index is 569. The average molecular weight is 271 g/mol. The number of hydrogen-bond donors (Lipinski definition) is 0. The first-order valence-electron chi connectivity index (χ1n) is 6.30. The lowest BCUT2D eigenvalue weighted by atomic mass is 10.2. The van der Waals surface area contributed by atoms with Crippen molar-refractivity contribution in [1.29, 1.82) is 0 Å². The van der Waals surface area contributed by atoms with Gasteiger partial charge in [0.25, 0.3) is 0 Å². The molecule has 2 aromatic rings. The van der Waals surface area contributed by atoms with Crippen LogP contribution in [0.15, 0.2) is 54.6 Å². The molecule has 4 nitrogen and oxygen atoms in total. The van der Waals surface area contributed by atoms with Crippen molar-refractivity contribution in [2.45, 2.75) is 6.61 Å². The van der Waals surface area contributed by atoms with E-state index in [4.69, 9.17) is 9.47 Å². The number of methoxy groups -OCH3 is 1. The highest BCUT2D eigenvalue weighted by Crippen LogP contribution is 2.21. The van der Waals surface area contributed by atoms with Crippen molar-refractivity contribution in [1.82, 2.24) is 0 Å². The fourth-order valence-corrected chi connectivity index (χ4v) is 1.87. The highest BCUT2D eigenvalue weighted by atomic mass is 16.5. The number of rotatable bonds is 4. The smallest absolute Gasteiger partial charge is 0.413 e. The van der Waals surface area contributed by atoms with Gasteiger partial charge in [0, 0.05) is 12.6 Å². The maximum atomic E-state index is 11.6. The highest BCUT2D eigenvalue weighted by Gasteiger charge is 2.14. The molecule has 20 heavy (non-hydrogen) atoms. The molecule has 0 saturated carbocycles. The number of hydrogen-bond acceptors (Lipinski definition) is 3. The number of carbonyl (C=O) groups excluding carboxylic acids is 1. The standard InChI is InChI=1S/C16H17NO3/c1-17(16(18)19-2)15-11-7-6-8-13(15)12-20-14-9-4-3-5-10-14/h3-11H,12H2,1-2H3. The van der Waals surface area contributed by atoms with E-state index >= 15 is 0 Å². The van der Waals surface area contributed by atoms with Crippen molar-refractivity contribution in [2.75, 3.05) is 19.1 Å². The molecule has 0 aliphatic rings. The first-order valence-corrected chi connectivity index (χ1v) is 6.30. The van der Waals surface area contributed by atoms with Gasteiger partial charge in [0.15, 0.2) is 0 Å². The van der Waals surface area contributed by atoms with Crippen molar-refractivity contribution in [3.05, 3.63) is 60.2 Å². The number of benzene rings is 2. The van der Waals surface area contributed by atoms with Crippen molar-refractivity contribution >= 4 is 11.8 Å². The third-order valence-corrected chi connectivity index (χ3v) is 2.94. The second-order valence-electron chi connectivity index (χ2n) is 4.26. The Morgan fingerprint density at radius 3 is 2.40 bits per heavy atom. The maximum absolute atomic E-state index is 11.6. The number of nitrogens with zero attached hydrogens (tertiary/aromatic N) is 1. The van der Waals surface area contributed by atoms with Crippen molar-refractivity contribution in [3.8, 4) is 5.75 Å². The van der Waals surface area contributed by atoms with Crippen molar-refractivity contribution in [3.63, 3.8) is 0 Å². The van der Waals surface area contributed by atoms with Crippen molar-refractivity contribution in [2.24, 2.45) is 0 Å². The summed E-state index contributed by atoms with van der Waals surface area (Å²) in [5.41, 5.74) is 1.69. The third-order valence-electron chi connectivity index (χ3n) is 2.94. The van der Waals surface area contributed by atoms with Gasteiger partial charge in [-0.15, -0.1) is 0 Å². The molecular formula is C16H17NO3. The lowest BCUT2D eigenvalue weighted by molar-refractivity contribution is 0.180. The maximum Gasteiger partial charge on any atom is 0.413 e. The Kier molecular flexibility index (Phi) is 4.60. The predicted molar refractivity (Wildman–Crippen MR) is 78.0 cm³/mol. The number of para-hydroxylation sites is 2. The van der Waals surface area contributed by atoms with E-state index in [0.29, 0.717) is 6.61 Å². The summed E-state index contributed by atoms with van der Waals surface area (Å²) in [6, 6.07) is 17.1. The number of anilines is 1. The van der Waals surface area contributed by atoms with Gasteiger partial charge in [-0.05, 0) is 18.2 Å². The van der Waals surface area contributed by atoms with E-state index in [-0.39, 0.29) is 0 Å². The van der Waals surface area contributed by atoms with E-state index in [1.54, 1.807) is 7.05 Å². The second-order valence-corrected chi connectivity index (χ2v) is 4.26. The topological polar surface area (TPSA) is 38.8 Å². The van der Waals surface area contributed by atoms with Crippen LogP contribution in [0.2, 0.25) is 0 Å². The Morgan fingerprint density at radius 1 is 1.05 bits per heavy atom. The van der Waals surface area contributed by atoms with E-state index in [1.165, 1.54) is 12.0 Å². The molecule has 0 bridgehead atoms. The van der Waals surface area contributed by atoms with Gasteiger partial charge in [-0.1, -0.05) is 36.4 Å². The van der Waals surface area contributed by atoms with Crippen LogP contribution in [0.25, 0.3) is 0 Å². The monoisotopic (exact) mass is 271 g/mol. The van der Waals surface area contributed by atoms with Gasteiger partial charge in [-0.2, -0.15) is 0 Å². The Labute approximate surface area is 118 Å². The summed E-state index contributed by atoms with van der Waals surface area (Å²) >= 11 is 0. The molecule has 1 amide bonds. The van der Waals surface area contributed by atoms with Gasteiger partial charge < -0.3 is 9.47 Å². The molecule has 104 valence electrons. The molecule has 0 radical (unpaired) electrons. The Hall–Kier alpha value is -2.49. The zero-order valence-corrected chi connectivity index (χ0v) is 11.6. The molecule has 4 heteroatoms. The number of carbonyl (C=O) groups is 1. The molecule has 0 N–H and O–H groups in total. The minimum Gasteiger partial charge on any atom is -0.489 e. The molecule has 0 fully saturated rings. The van der Waals surface area contributed by atoms with Crippen LogP contribution >= 0.6 is 0 Å². The SMILES string of the molecule is COC(=O)N(C)c1ccccc1COc1ccccc1. The largest absolute Gasteiger partial charge is 0.489 e. The first-order chi connectivity index (χ1) is 9.72. The number of ether oxygens (including phenoxy) is 2. The van der Waals surface area contributed by atoms with Crippen molar-refractivity contribution < 1.29 is 14.3 Å². The van der Waals surface area contributed by atoms with Crippen LogP contribution < -0.4 is 9.64 Å². The van der Waals surface area contributed by atoms with Crippen LogP contribution in [-0.2, 0) is 11.3 Å². The minimum atomic E-state index is -0.405. The average Bonchev–Trinajstić information content (AvgIpc) is 2.52. The highest BCUT2D eigenvalue weighted by molar-refractivity contribution is 5.87. The fraction of sp³-hybridized carbons (Fsp3) is 0.188. The van der Waals surface area contributed by atoms with Crippen LogP contribution in [-0.4, -0.2) is 20.3 Å². The molecule has 0 atom stereocenters. The summed E-state index contributed by atoms with van der Waals surface area (Å²) in [6.45, 7) is 0.390. The summed E-state index contributed by atoms with van der Waals surface area (Å²) in [5, 5.41) is 0. The van der Waals surface area contributed by atoms with Crippen LogP contribution in [0.1, 0.15) is 5.56 Å². The van der Waals surface area contributed by atoms with Gasteiger partial charge in [0.1, 0.15) is 12.4 Å². The molecule has 0 saturated heterocycles. The Morgan fingerprint density at radius 2 is 1.70 bits per heavy atom. The third kappa shape index (κ3) is 3.29. The van der Waals surface area contributed by atoms with Gasteiger partial charge in [0.05, 0.1) is 12.8 Å². The summed E-state index contributed by atoms with van der Waals surface area (Å²) < 4.78 is 10.4. The van der Waals surface area contributed by atoms with E-state index < -0.39 is 6.09 Å². The summed E-state index contributed by atoms with van der Waals surface area (Å²) in [6.07, 6.45) is -0.405. The van der Waals surface area contributed by atoms with Crippen LogP contribution in [0.5, 0.6) is 5.75 Å². The normalized spacial score (nSPS) is 9.90. The molecule has 0 aliphatic carbocycles. The molecule has 0 unspecified atom stereocenters. The van der Waals surface area contributed by atoms with Gasteiger partial charge in [-0.3, -0.25) is 4.90 Å². The summed E-state index contributed by atoms with van der Waals surface area (Å²) in [5.74, 6) is 0.794. The molecule has 0 aliphatic heterocycles. The second kappa shape index (κ2) is 6.61. The van der Waals surface area contributed by atoms with E-state index in [9.17, 15) is 4.79 Å². The van der Waals surface area contributed by atoms with E-state index in [1.807, 2.05) is 54.6 Å². The van der Waals surface area contributed by atoms with Gasteiger partial charge >= 0.3 is 6.09 Å². The molecule has 2 rings (SSSR count). The molecule has 2 aromatic carbocycles. The Balaban J connectivity index is 2.14. The zero-order valence-electron chi connectivity index (χ0n) is 11.6. The van der Waals surface area contributed by atoms with E-state index in [2.05, 4.69) is 0 Å².